The Labute approximate surface area is 225 Å². The molecule has 0 saturated heterocycles. The largest absolute Gasteiger partial charge is 0.506 e. The maximum absolute atomic E-state index is 12.4. The summed E-state index contributed by atoms with van der Waals surface area (Å²) in [6, 6.07) is 7.46. The molecule has 2 rings (SSSR count). The number of hydrogen-bond acceptors (Lipinski definition) is 7. The van der Waals surface area contributed by atoms with Crippen molar-refractivity contribution in [2.75, 3.05) is 13.2 Å². The summed E-state index contributed by atoms with van der Waals surface area (Å²) >= 11 is 1.22. The number of rotatable bonds is 10. The number of phenolic OH excluding ortho intramolecular Hbond substituents is 2. The Balaban J connectivity index is 2.58. The minimum Gasteiger partial charge on any atom is -0.506 e. The normalized spacial score (nSPS) is 11.9. The smallest absolute Gasteiger partial charge is 0.310 e. The lowest BCUT2D eigenvalue weighted by Gasteiger charge is -2.24. The predicted octanol–water partition coefficient (Wildman–Crippen LogP) is 6.84. The minimum absolute atomic E-state index is 0.0177. The second-order valence-corrected chi connectivity index (χ2v) is 12.4. The zero-order chi connectivity index (χ0) is 28.0. The van der Waals surface area contributed by atoms with Gasteiger partial charge >= 0.3 is 11.9 Å². The molecule has 2 aromatic rings. The highest BCUT2D eigenvalue weighted by atomic mass is 32.2. The lowest BCUT2D eigenvalue weighted by Crippen LogP contribution is -2.14. The Hall–Kier alpha value is -2.67. The molecule has 0 heterocycles. The third-order valence-electron chi connectivity index (χ3n) is 5.86. The van der Waals surface area contributed by atoms with Crippen LogP contribution in [0.15, 0.2) is 34.1 Å². The van der Waals surface area contributed by atoms with Crippen LogP contribution in [-0.4, -0.2) is 35.4 Å². The van der Waals surface area contributed by atoms with Crippen LogP contribution in [0.4, 0.5) is 0 Å². The van der Waals surface area contributed by atoms with E-state index in [1.165, 1.54) is 11.8 Å². The predicted molar refractivity (Wildman–Crippen MR) is 148 cm³/mol. The molecular formula is C30H42O6S. The van der Waals surface area contributed by atoms with Gasteiger partial charge in [-0.05, 0) is 46.9 Å². The summed E-state index contributed by atoms with van der Waals surface area (Å²) in [6.07, 6.45) is 1.34. The van der Waals surface area contributed by atoms with Gasteiger partial charge in [0.15, 0.2) is 0 Å². The van der Waals surface area contributed by atoms with Crippen molar-refractivity contribution >= 4 is 23.7 Å². The van der Waals surface area contributed by atoms with E-state index < -0.39 is 11.9 Å². The fourth-order valence-electron chi connectivity index (χ4n) is 3.59. The van der Waals surface area contributed by atoms with Gasteiger partial charge in [0.1, 0.15) is 11.5 Å². The second-order valence-electron chi connectivity index (χ2n) is 11.4. The topological polar surface area (TPSA) is 93.1 Å². The van der Waals surface area contributed by atoms with Gasteiger partial charge in [-0.25, -0.2) is 0 Å². The van der Waals surface area contributed by atoms with E-state index in [-0.39, 0.29) is 35.2 Å². The molecule has 7 heteroatoms. The Morgan fingerprint density at radius 2 is 1.05 bits per heavy atom. The van der Waals surface area contributed by atoms with E-state index in [2.05, 4.69) is 41.5 Å². The van der Waals surface area contributed by atoms with Gasteiger partial charge in [0.2, 0.25) is 0 Å². The molecule has 2 N–H and O–H groups in total. The average Bonchev–Trinajstić information content (AvgIpc) is 2.79. The van der Waals surface area contributed by atoms with Gasteiger partial charge in [0.05, 0.1) is 35.8 Å². The number of carbonyl (C=O) groups is 2. The van der Waals surface area contributed by atoms with Gasteiger partial charge < -0.3 is 19.7 Å². The molecular weight excluding hydrogens is 488 g/mol. The van der Waals surface area contributed by atoms with Crippen LogP contribution in [0.25, 0.3) is 0 Å². The van der Waals surface area contributed by atoms with E-state index in [1.807, 2.05) is 38.1 Å². The fourth-order valence-corrected chi connectivity index (χ4v) is 4.65. The first-order valence-corrected chi connectivity index (χ1v) is 13.7. The lowest BCUT2D eigenvalue weighted by atomic mass is 9.85. The summed E-state index contributed by atoms with van der Waals surface area (Å²) in [5, 5.41) is 22.3. The van der Waals surface area contributed by atoms with Gasteiger partial charge in [0.25, 0.3) is 0 Å². The zero-order valence-electron chi connectivity index (χ0n) is 23.5. The third-order valence-corrected chi connectivity index (χ3v) is 6.93. The van der Waals surface area contributed by atoms with Gasteiger partial charge in [-0.2, -0.15) is 0 Å². The molecule has 0 aromatic heterocycles. The fraction of sp³-hybridized carbons (Fsp3) is 0.533. The number of hydrogen-bond donors (Lipinski definition) is 2. The first kappa shape index (κ1) is 30.6. The highest BCUT2D eigenvalue weighted by Gasteiger charge is 2.24. The van der Waals surface area contributed by atoms with Crippen LogP contribution in [0.3, 0.4) is 0 Å². The summed E-state index contributed by atoms with van der Waals surface area (Å²) in [7, 11) is 0. The summed E-state index contributed by atoms with van der Waals surface area (Å²) in [5.41, 5.74) is 2.36. The summed E-state index contributed by atoms with van der Waals surface area (Å²) < 4.78 is 10.5. The van der Waals surface area contributed by atoms with E-state index in [0.29, 0.717) is 34.1 Å². The first-order valence-electron chi connectivity index (χ1n) is 12.9. The van der Waals surface area contributed by atoms with Crippen LogP contribution in [0, 0.1) is 0 Å². The third kappa shape index (κ3) is 8.70. The Bertz CT molecular complexity index is 1020. The lowest BCUT2D eigenvalue weighted by molar-refractivity contribution is -0.143. The quantitative estimate of drug-likeness (QED) is 0.325. The second kappa shape index (κ2) is 12.7. The zero-order valence-corrected chi connectivity index (χ0v) is 24.3. The van der Waals surface area contributed by atoms with Crippen molar-refractivity contribution in [2.45, 2.75) is 102 Å². The molecule has 6 nitrogen and oxygen atoms in total. The van der Waals surface area contributed by atoms with Crippen LogP contribution in [-0.2, 0) is 42.7 Å². The maximum Gasteiger partial charge on any atom is 0.310 e. The monoisotopic (exact) mass is 530 g/mol. The van der Waals surface area contributed by atoms with Crippen LogP contribution in [0.2, 0.25) is 0 Å². The van der Waals surface area contributed by atoms with Crippen molar-refractivity contribution in [1.29, 1.82) is 0 Å². The highest BCUT2D eigenvalue weighted by molar-refractivity contribution is 7.99. The summed E-state index contributed by atoms with van der Waals surface area (Å²) in [5.74, 6) is -0.832. The molecule has 0 fully saturated rings. The average molecular weight is 531 g/mol. The first-order chi connectivity index (χ1) is 17.2. The van der Waals surface area contributed by atoms with Crippen molar-refractivity contribution < 1.29 is 29.3 Å². The van der Waals surface area contributed by atoms with Gasteiger partial charge in [0, 0.05) is 11.1 Å². The summed E-state index contributed by atoms with van der Waals surface area (Å²) in [6.45, 7) is 16.9. The van der Waals surface area contributed by atoms with E-state index in [9.17, 15) is 19.8 Å². The van der Waals surface area contributed by atoms with Gasteiger partial charge in [-0.1, -0.05) is 79.3 Å². The number of aromatic hydroxyl groups is 2. The Morgan fingerprint density at radius 3 is 1.35 bits per heavy atom. The maximum atomic E-state index is 12.4. The van der Waals surface area contributed by atoms with Crippen LogP contribution >= 0.6 is 11.8 Å². The molecule has 37 heavy (non-hydrogen) atoms. The van der Waals surface area contributed by atoms with Crippen molar-refractivity contribution in [3.8, 4) is 11.5 Å². The number of phenols is 2. The molecule has 204 valence electrons. The van der Waals surface area contributed by atoms with Crippen LogP contribution < -0.4 is 0 Å². The molecule has 0 amide bonds. The SMILES string of the molecule is CCCOC(=O)Cc1cc(C(C)(C)C)cc(Sc2cc(C(C)(C)C)cc(CC(=O)OCCC)c2O)c1O. The Kier molecular flexibility index (Phi) is 10.5. The molecule has 0 unspecified atom stereocenters. The van der Waals surface area contributed by atoms with Crippen LogP contribution in [0.5, 0.6) is 11.5 Å². The molecule has 0 aliphatic rings. The van der Waals surface area contributed by atoms with Crippen molar-refractivity contribution in [3.63, 3.8) is 0 Å². The molecule has 0 spiro atoms. The number of esters is 2. The molecule has 0 radical (unpaired) electrons. The molecule has 0 aliphatic carbocycles. The van der Waals surface area contributed by atoms with Gasteiger partial charge in [-0.15, -0.1) is 0 Å². The number of carbonyl (C=O) groups excluding carboxylic acids is 2. The van der Waals surface area contributed by atoms with Crippen molar-refractivity contribution in [3.05, 3.63) is 46.5 Å². The van der Waals surface area contributed by atoms with E-state index >= 15 is 0 Å². The van der Waals surface area contributed by atoms with E-state index in [4.69, 9.17) is 9.47 Å². The molecule has 2 aromatic carbocycles. The summed E-state index contributed by atoms with van der Waals surface area (Å²) in [4.78, 5) is 25.8. The number of ether oxygens (including phenoxy) is 2. The van der Waals surface area contributed by atoms with Gasteiger partial charge in [-0.3, -0.25) is 9.59 Å². The van der Waals surface area contributed by atoms with E-state index in [1.54, 1.807) is 0 Å². The van der Waals surface area contributed by atoms with E-state index in [0.717, 1.165) is 24.0 Å². The molecule has 0 saturated carbocycles. The molecule has 0 bridgehead atoms. The van der Waals surface area contributed by atoms with Crippen molar-refractivity contribution in [1.82, 2.24) is 0 Å². The Morgan fingerprint density at radius 1 is 0.703 bits per heavy atom. The molecule has 0 aliphatic heterocycles. The standard InChI is InChI=1S/C30H42O6S/c1-9-11-35-25(31)15-19-13-21(29(3,4)5)17-23(27(19)33)37-24-18-22(30(6,7)8)14-20(28(24)34)16-26(32)36-12-10-2/h13-14,17-18,33-34H,9-12,15-16H2,1-8H3. The minimum atomic E-state index is -0.399. The molecule has 0 atom stereocenters. The van der Waals surface area contributed by atoms with Crippen molar-refractivity contribution in [2.24, 2.45) is 0 Å². The number of benzene rings is 2. The van der Waals surface area contributed by atoms with Crippen LogP contribution in [0.1, 0.15) is 90.5 Å². The highest BCUT2D eigenvalue weighted by Crippen LogP contribution is 2.45.